The molecule has 32 heavy (non-hydrogen) atoms. The zero-order chi connectivity index (χ0) is 23.1. The molecule has 1 atom stereocenters. The second-order valence-electron chi connectivity index (χ2n) is 8.30. The number of amides is 2. The predicted molar refractivity (Wildman–Crippen MR) is 126 cm³/mol. The Morgan fingerprint density at radius 1 is 1.19 bits per heavy atom. The molecule has 2 heterocycles. The van der Waals surface area contributed by atoms with Crippen molar-refractivity contribution in [2.75, 3.05) is 32.0 Å². The van der Waals surface area contributed by atoms with Crippen LogP contribution in [0.25, 0.3) is 11.1 Å². The van der Waals surface area contributed by atoms with Crippen molar-refractivity contribution < 1.29 is 14.4 Å². The number of piperidine rings is 1. The van der Waals surface area contributed by atoms with Crippen LogP contribution in [0, 0.1) is 5.92 Å². The summed E-state index contributed by atoms with van der Waals surface area (Å²) >= 11 is 0. The van der Waals surface area contributed by atoms with Gasteiger partial charge in [0.25, 0.3) is 0 Å². The summed E-state index contributed by atoms with van der Waals surface area (Å²) in [5, 5.41) is 6.00. The number of pyridine rings is 1. The Kier molecular flexibility index (Phi) is 8.11. The van der Waals surface area contributed by atoms with E-state index in [4.69, 9.17) is 0 Å². The van der Waals surface area contributed by atoms with Crippen LogP contribution in [0.2, 0.25) is 0 Å². The van der Waals surface area contributed by atoms with E-state index in [1.165, 1.54) is 5.56 Å². The van der Waals surface area contributed by atoms with E-state index in [-0.39, 0.29) is 35.8 Å². The molecule has 1 saturated heterocycles. The third-order valence-electron chi connectivity index (χ3n) is 5.90. The van der Waals surface area contributed by atoms with Gasteiger partial charge in [-0.2, -0.15) is 0 Å². The maximum Gasteiger partial charge on any atom is 0.238 e. The Hall–Kier alpha value is -3.06. The van der Waals surface area contributed by atoms with E-state index in [2.05, 4.69) is 34.7 Å². The molecule has 2 N–H and O–H groups in total. The lowest BCUT2D eigenvalue weighted by Crippen LogP contribution is -2.40. The number of anilines is 1. The van der Waals surface area contributed by atoms with Crippen LogP contribution in [0.1, 0.15) is 49.2 Å². The fourth-order valence-electron chi connectivity index (χ4n) is 3.84. The smallest absolute Gasteiger partial charge is 0.238 e. The van der Waals surface area contributed by atoms with Crippen LogP contribution in [0.4, 0.5) is 5.69 Å². The van der Waals surface area contributed by atoms with Crippen molar-refractivity contribution in [3.8, 4) is 11.1 Å². The minimum absolute atomic E-state index is 0.107. The molecule has 0 unspecified atom stereocenters. The SMILES string of the molecule is CCC(=O)c1ncc(-c2cccc(CC)c2)cc1NC(=O)CNC[C@@H]1CCN(C)C(=O)C1. The molecule has 1 aliphatic heterocycles. The van der Waals surface area contributed by atoms with Gasteiger partial charge < -0.3 is 15.5 Å². The third-order valence-corrected chi connectivity index (χ3v) is 5.90. The number of nitrogens with zero attached hydrogens (tertiary/aromatic N) is 2. The van der Waals surface area contributed by atoms with Crippen molar-refractivity contribution in [3.63, 3.8) is 0 Å². The Balaban J connectivity index is 1.68. The number of aryl methyl sites for hydroxylation is 1. The normalized spacial score (nSPS) is 16.2. The van der Waals surface area contributed by atoms with Crippen molar-refractivity contribution in [1.82, 2.24) is 15.2 Å². The standard InChI is InChI=1S/C25H32N4O3/c1-4-17-7-6-8-19(11-17)20-13-21(25(27-15-20)22(30)5-2)28-23(31)16-26-14-18-9-10-29(3)24(32)12-18/h6-8,11,13,15,18,26H,4-5,9-10,12,14,16H2,1-3H3,(H,28,31)/t18-/m1/s1. The van der Waals surface area contributed by atoms with Crippen molar-refractivity contribution in [2.45, 2.75) is 39.5 Å². The molecule has 0 saturated carbocycles. The van der Waals surface area contributed by atoms with E-state index in [1.54, 1.807) is 18.0 Å². The quantitative estimate of drug-likeness (QED) is 0.589. The van der Waals surface area contributed by atoms with Gasteiger partial charge in [-0.3, -0.25) is 19.4 Å². The lowest BCUT2D eigenvalue weighted by molar-refractivity contribution is -0.133. The van der Waals surface area contributed by atoms with E-state index in [0.717, 1.165) is 30.5 Å². The van der Waals surface area contributed by atoms with E-state index < -0.39 is 0 Å². The van der Waals surface area contributed by atoms with E-state index in [9.17, 15) is 14.4 Å². The van der Waals surface area contributed by atoms with Crippen LogP contribution >= 0.6 is 0 Å². The molecular weight excluding hydrogens is 404 g/mol. The zero-order valence-electron chi connectivity index (χ0n) is 19.1. The van der Waals surface area contributed by atoms with E-state index in [1.807, 2.05) is 25.2 Å². The Labute approximate surface area is 189 Å². The average Bonchev–Trinajstić information content (AvgIpc) is 2.81. The second kappa shape index (κ2) is 11.0. The number of Topliss-reactive ketones (excluding diaryl/α,β-unsaturated/α-hetero) is 1. The minimum Gasteiger partial charge on any atom is -0.346 e. The van der Waals surface area contributed by atoms with Crippen LogP contribution in [0.15, 0.2) is 36.5 Å². The van der Waals surface area contributed by atoms with Gasteiger partial charge in [0.1, 0.15) is 5.69 Å². The monoisotopic (exact) mass is 436 g/mol. The number of likely N-dealkylation sites (tertiary alicyclic amines) is 1. The second-order valence-corrected chi connectivity index (χ2v) is 8.30. The molecule has 1 aromatic carbocycles. The average molecular weight is 437 g/mol. The summed E-state index contributed by atoms with van der Waals surface area (Å²) in [5.41, 5.74) is 3.75. The summed E-state index contributed by atoms with van der Waals surface area (Å²) in [7, 11) is 1.81. The first-order valence-electron chi connectivity index (χ1n) is 11.3. The molecular formula is C25H32N4O3. The van der Waals surface area contributed by atoms with Gasteiger partial charge in [-0.1, -0.05) is 38.1 Å². The summed E-state index contributed by atoms with van der Waals surface area (Å²) in [6.07, 6.45) is 4.34. The fourth-order valence-corrected chi connectivity index (χ4v) is 3.84. The van der Waals surface area contributed by atoms with Crippen LogP contribution < -0.4 is 10.6 Å². The number of ketones is 1. The number of carbonyl (C=O) groups is 3. The van der Waals surface area contributed by atoms with Gasteiger partial charge in [-0.05, 0) is 42.5 Å². The molecule has 1 fully saturated rings. The number of carbonyl (C=O) groups excluding carboxylic acids is 3. The summed E-state index contributed by atoms with van der Waals surface area (Å²) in [5.74, 6) is 0.0208. The van der Waals surface area contributed by atoms with E-state index >= 15 is 0 Å². The molecule has 0 radical (unpaired) electrons. The third kappa shape index (κ3) is 6.01. The van der Waals surface area contributed by atoms with Crippen LogP contribution in [-0.4, -0.2) is 54.2 Å². The van der Waals surface area contributed by atoms with Crippen molar-refractivity contribution in [2.24, 2.45) is 5.92 Å². The van der Waals surface area contributed by atoms with Crippen molar-refractivity contribution >= 4 is 23.3 Å². The van der Waals surface area contributed by atoms with Gasteiger partial charge in [0.2, 0.25) is 11.8 Å². The molecule has 3 rings (SSSR count). The number of nitrogens with one attached hydrogen (secondary N) is 2. The highest BCUT2D eigenvalue weighted by atomic mass is 16.2. The van der Waals surface area contributed by atoms with Gasteiger partial charge in [0.05, 0.1) is 12.2 Å². The van der Waals surface area contributed by atoms with Crippen LogP contribution in [0.3, 0.4) is 0 Å². The first-order chi connectivity index (χ1) is 15.4. The fraction of sp³-hybridized carbons (Fsp3) is 0.440. The van der Waals surface area contributed by atoms with Gasteiger partial charge >= 0.3 is 0 Å². The first-order valence-corrected chi connectivity index (χ1v) is 11.3. The zero-order valence-corrected chi connectivity index (χ0v) is 19.1. The van der Waals surface area contributed by atoms with E-state index in [0.29, 0.717) is 25.1 Å². The molecule has 1 aromatic heterocycles. The molecule has 0 bridgehead atoms. The van der Waals surface area contributed by atoms with Crippen LogP contribution in [0.5, 0.6) is 0 Å². The molecule has 7 nitrogen and oxygen atoms in total. The topological polar surface area (TPSA) is 91.4 Å². The lowest BCUT2D eigenvalue weighted by atomic mass is 9.96. The predicted octanol–water partition coefficient (Wildman–Crippen LogP) is 3.30. The molecule has 1 aliphatic rings. The van der Waals surface area contributed by atoms with Gasteiger partial charge in [-0.15, -0.1) is 0 Å². The highest BCUT2D eigenvalue weighted by Gasteiger charge is 2.23. The highest BCUT2D eigenvalue weighted by Crippen LogP contribution is 2.26. The number of benzene rings is 1. The maximum atomic E-state index is 12.6. The summed E-state index contributed by atoms with van der Waals surface area (Å²) in [4.78, 5) is 42.9. The first kappa shape index (κ1) is 23.6. The molecule has 0 spiro atoms. The maximum absolute atomic E-state index is 12.6. The van der Waals surface area contributed by atoms with Crippen molar-refractivity contribution in [1.29, 1.82) is 0 Å². The minimum atomic E-state index is -0.240. The van der Waals surface area contributed by atoms with Gasteiger partial charge in [0, 0.05) is 38.2 Å². The summed E-state index contributed by atoms with van der Waals surface area (Å²) in [6, 6.07) is 9.97. The summed E-state index contributed by atoms with van der Waals surface area (Å²) < 4.78 is 0. The summed E-state index contributed by atoms with van der Waals surface area (Å²) in [6.45, 7) is 5.34. The number of hydrogen-bond acceptors (Lipinski definition) is 5. The Morgan fingerprint density at radius 2 is 2.00 bits per heavy atom. The number of hydrogen-bond donors (Lipinski definition) is 2. The number of aromatic nitrogens is 1. The highest BCUT2D eigenvalue weighted by molar-refractivity contribution is 6.04. The van der Waals surface area contributed by atoms with Gasteiger partial charge in [-0.25, -0.2) is 0 Å². The lowest BCUT2D eigenvalue weighted by Gasteiger charge is -2.28. The van der Waals surface area contributed by atoms with Gasteiger partial charge in [0.15, 0.2) is 5.78 Å². The molecule has 2 amide bonds. The Morgan fingerprint density at radius 3 is 2.72 bits per heavy atom. The Bertz CT molecular complexity index is 989. The molecule has 2 aromatic rings. The largest absolute Gasteiger partial charge is 0.346 e. The molecule has 0 aliphatic carbocycles. The van der Waals surface area contributed by atoms with Crippen molar-refractivity contribution in [3.05, 3.63) is 47.8 Å². The van der Waals surface area contributed by atoms with Crippen LogP contribution in [-0.2, 0) is 16.0 Å². The number of rotatable bonds is 9. The molecule has 170 valence electrons. The molecule has 7 heteroatoms.